The Morgan fingerprint density at radius 1 is 1.55 bits per heavy atom. The van der Waals surface area contributed by atoms with Gasteiger partial charge in [-0.15, -0.1) is 0 Å². The molecule has 0 aliphatic heterocycles. The first kappa shape index (κ1) is 10.0. The van der Waals surface area contributed by atoms with Gasteiger partial charge in [-0.05, 0) is 18.1 Å². The fourth-order valence-corrected chi connectivity index (χ4v) is 0.818. The zero-order valence-electron chi connectivity index (χ0n) is 7.34. The Bertz CT molecular complexity index is 154. The Labute approximate surface area is 69.1 Å². The van der Waals surface area contributed by atoms with Crippen LogP contribution < -0.4 is 0 Å². The molecular weight excluding hydrogens is 136 g/mol. The van der Waals surface area contributed by atoms with Gasteiger partial charge in [-0.3, -0.25) is 0 Å². The average molecular weight is 152 g/mol. The summed E-state index contributed by atoms with van der Waals surface area (Å²) in [6.07, 6.45) is 9.67. The predicted molar refractivity (Wildman–Crippen MR) is 49.3 cm³/mol. The molecule has 0 rings (SSSR count). The van der Waals surface area contributed by atoms with Crippen LogP contribution in [0.15, 0.2) is 36.6 Å². The van der Waals surface area contributed by atoms with Crippen LogP contribution in [0, 0.1) is 0 Å². The second-order valence-electron chi connectivity index (χ2n) is 2.27. The van der Waals surface area contributed by atoms with E-state index < -0.39 is 0 Å². The molecule has 0 bridgehead atoms. The predicted octanol–water partition coefficient (Wildman–Crippen LogP) is 3.06. The molecule has 0 aliphatic carbocycles. The lowest BCUT2D eigenvalue weighted by Crippen LogP contribution is -1.77. The Balaban J connectivity index is 3.98. The SMILES string of the molecule is C=C/C=C(\C=C/OC)CCC. The van der Waals surface area contributed by atoms with E-state index in [1.54, 1.807) is 19.4 Å². The van der Waals surface area contributed by atoms with Crippen LogP contribution >= 0.6 is 0 Å². The lowest BCUT2D eigenvalue weighted by molar-refractivity contribution is 0.337. The quantitative estimate of drug-likeness (QED) is 0.434. The van der Waals surface area contributed by atoms with E-state index in [0.29, 0.717) is 0 Å². The highest BCUT2D eigenvalue weighted by Gasteiger charge is 1.87. The van der Waals surface area contributed by atoms with Gasteiger partial charge in [0.15, 0.2) is 0 Å². The summed E-state index contributed by atoms with van der Waals surface area (Å²) in [6.45, 7) is 5.79. The van der Waals surface area contributed by atoms with Crippen molar-refractivity contribution < 1.29 is 4.74 Å². The van der Waals surface area contributed by atoms with Gasteiger partial charge in [0.05, 0.1) is 13.4 Å². The smallest absolute Gasteiger partial charge is 0.0827 e. The van der Waals surface area contributed by atoms with Gasteiger partial charge in [-0.2, -0.15) is 0 Å². The molecular formula is C10H16O. The molecule has 0 saturated carbocycles. The van der Waals surface area contributed by atoms with Crippen molar-refractivity contribution in [2.24, 2.45) is 0 Å². The van der Waals surface area contributed by atoms with Crippen molar-refractivity contribution >= 4 is 0 Å². The molecule has 0 aromatic rings. The summed E-state index contributed by atoms with van der Waals surface area (Å²) in [5.41, 5.74) is 1.25. The molecule has 11 heavy (non-hydrogen) atoms. The van der Waals surface area contributed by atoms with Crippen LogP contribution in [0.4, 0.5) is 0 Å². The molecule has 1 heteroatoms. The fourth-order valence-electron chi connectivity index (χ4n) is 0.818. The maximum atomic E-state index is 4.81. The third kappa shape index (κ3) is 5.46. The Morgan fingerprint density at radius 2 is 2.27 bits per heavy atom. The maximum absolute atomic E-state index is 4.81. The Hall–Kier alpha value is -0.980. The van der Waals surface area contributed by atoms with Gasteiger partial charge in [-0.25, -0.2) is 0 Å². The van der Waals surface area contributed by atoms with Gasteiger partial charge in [0, 0.05) is 0 Å². The van der Waals surface area contributed by atoms with Crippen molar-refractivity contribution in [3.63, 3.8) is 0 Å². The van der Waals surface area contributed by atoms with Crippen LogP contribution in [0.3, 0.4) is 0 Å². The molecule has 0 saturated heterocycles. The second-order valence-corrected chi connectivity index (χ2v) is 2.27. The summed E-state index contributed by atoms with van der Waals surface area (Å²) in [7, 11) is 1.65. The minimum atomic E-state index is 1.08. The number of methoxy groups -OCH3 is 1. The van der Waals surface area contributed by atoms with Crippen LogP contribution in [0.25, 0.3) is 0 Å². The van der Waals surface area contributed by atoms with Gasteiger partial charge >= 0.3 is 0 Å². The van der Waals surface area contributed by atoms with Gasteiger partial charge in [0.2, 0.25) is 0 Å². The van der Waals surface area contributed by atoms with Crippen LogP contribution in [0.2, 0.25) is 0 Å². The van der Waals surface area contributed by atoms with Gasteiger partial charge < -0.3 is 4.74 Å². The van der Waals surface area contributed by atoms with Crippen molar-refractivity contribution in [3.8, 4) is 0 Å². The van der Waals surface area contributed by atoms with E-state index in [-0.39, 0.29) is 0 Å². The molecule has 0 atom stereocenters. The minimum absolute atomic E-state index is 1.08. The van der Waals surface area contributed by atoms with E-state index >= 15 is 0 Å². The van der Waals surface area contributed by atoms with Gasteiger partial charge in [0.25, 0.3) is 0 Å². The number of hydrogen-bond donors (Lipinski definition) is 0. The minimum Gasteiger partial charge on any atom is -0.504 e. The van der Waals surface area contributed by atoms with E-state index in [1.165, 1.54) is 5.57 Å². The zero-order valence-corrected chi connectivity index (χ0v) is 7.34. The largest absolute Gasteiger partial charge is 0.504 e. The topological polar surface area (TPSA) is 9.23 Å². The van der Waals surface area contributed by atoms with Crippen molar-refractivity contribution in [3.05, 3.63) is 36.6 Å². The third-order valence-electron chi connectivity index (χ3n) is 1.29. The zero-order chi connectivity index (χ0) is 8.53. The molecule has 0 aromatic heterocycles. The molecule has 0 heterocycles. The number of ether oxygens (including phenoxy) is 1. The molecule has 0 radical (unpaired) electrons. The first-order valence-corrected chi connectivity index (χ1v) is 3.86. The highest BCUT2D eigenvalue weighted by Crippen LogP contribution is 2.06. The first-order valence-electron chi connectivity index (χ1n) is 3.86. The van der Waals surface area contributed by atoms with Crippen molar-refractivity contribution in [1.82, 2.24) is 0 Å². The molecule has 0 spiro atoms. The van der Waals surface area contributed by atoms with Gasteiger partial charge in [-0.1, -0.05) is 32.1 Å². The van der Waals surface area contributed by atoms with Crippen LogP contribution in [-0.2, 0) is 4.74 Å². The fraction of sp³-hybridized carbons (Fsp3) is 0.400. The Morgan fingerprint density at radius 3 is 2.73 bits per heavy atom. The molecule has 0 aromatic carbocycles. The average Bonchev–Trinajstić information content (AvgIpc) is 2.01. The summed E-state index contributed by atoms with van der Waals surface area (Å²) >= 11 is 0. The van der Waals surface area contributed by atoms with Crippen molar-refractivity contribution in [2.75, 3.05) is 7.11 Å². The normalized spacial score (nSPS) is 12.0. The standard InChI is InChI=1S/C10H16O/c1-4-6-10(7-5-2)8-9-11-3/h4,6,8-9H,1,5,7H2,2-3H3/b9-8-,10-6-. The molecule has 0 fully saturated rings. The summed E-state index contributed by atoms with van der Waals surface area (Å²) < 4.78 is 4.81. The molecule has 1 nitrogen and oxygen atoms in total. The number of hydrogen-bond acceptors (Lipinski definition) is 1. The van der Waals surface area contributed by atoms with Crippen LogP contribution in [-0.4, -0.2) is 7.11 Å². The maximum Gasteiger partial charge on any atom is 0.0827 e. The molecule has 0 aliphatic rings. The molecule has 62 valence electrons. The monoisotopic (exact) mass is 152 g/mol. The highest BCUT2D eigenvalue weighted by molar-refractivity contribution is 5.21. The molecule has 0 unspecified atom stereocenters. The Kier molecular flexibility index (Phi) is 6.50. The number of rotatable bonds is 5. The van der Waals surface area contributed by atoms with E-state index in [0.717, 1.165) is 12.8 Å². The summed E-state index contributed by atoms with van der Waals surface area (Å²) in [5.74, 6) is 0. The van der Waals surface area contributed by atoms with Crippen molar-refractivity contribution in [2.45, 2.75) is 19.8 Å². The highest BCUT2D eigenvalue weighted by atomic mass is 16.5. The van der Waals surface area contributed by atoms with E-state index in [9.17, 15) is 0 Å². The van der Waals surface area contributed by atoms with Crippen LogP contribution in [0.5, 0.6) is 0 Å². The molecule has 0 amide bonds. The lowest BCUT2D eigenvalue weighted by atomic mass is 10.1. The summed E-state index contributed by atoms with van der Waals surface area (Å²) in [4.78, 5) is 0. The van der Waals surface area contributed by atoms with Gasteiger partial charge in [0.1, 0.15) is 0 Å². The molecule has 0 N–H and O–H groups in total. The third-order valence-corrected chi connectivity index (χ3v) is 1.29. The second kappa shape index (κ2) is 7.13. The van der Waals surface area contributed by atoms with E-state index in [4.69, 9.17) is 4.74 Å². The summed E-state index contributed by atoms with van der Waals surface area (Å²) in [6, 6.07) is 0. The lowest BCUT2D eigenvalue weighted by Gasteiger charge is -1.96. The van der Waals surface area contributed by atoms with E-state index in [2.05, 4.69) is 13.5 Å². The van der Waals surface area contributed by atoms with Crippen LogP contribution in [0.1, 0.15) is 19.8 Å². The van der Waals surface area contributed by atoms with E-state index in [1.807, 2.05) is 12.2 Å². The number of allylic oxidation sites excluding steroid dienone is 4. The van der Waals surface area contributed by atoms with Crippen molar-refractivity contribution in [1.29, 1.82) is 0 Å². The first-order chi connectivity index (χ1) is 5.35. The summed E-state index contributed by atoms with van der Waals surface area (Å²) in [5, 5.41) is 0.